The van der Waals surface area contributed by atoms with Gasteiger partial charge < -0.3 is 11.1 Å². The molecule has 3 N–H and O–H groups in total. The molecule has 0 atom stereocenters. The Morgan fingerprint density at radius 3 is 2.72 bits per heavy atom. The van der Waals surface area contributed by atoms with Crippen molar-refractivity contribution in [3.8, 4) is 0 Å². The number of carbonyl (C=O) groups is 2. The first kappa shape index (κ1) is 11.7. The van der Waals surface area contributed by atoms with E-state index < -0.39 is 11.8 Å². The topological polar surface area (TPSA) is 116 Å². The molecule has 2 aromatic heterocycles. The average molecular weight is 246 g/mol. The lowest BCUT2D eigenvalue weighted by Crippen LogP contribution is -2.20. The minimum Gasteiger partial charge on any atom is -0.365 e. The predicted molar refractivity (Wildman–Crippen MR) is 61.7 cm³/mol. The highest BCUT2D eigenvalue weighted by Gasteiger charge is 2.17. The Hall–Kier alpha value is -2.77. The summed E-state index contributed by atoms with van der Waals surface area (Å²) in [5, 5.41) is 6.36. The molecule has 0 aromatic carbocycles. The van der Waals surface area contributed by atoms with Crippen LogP contribution < -0.4 is 11.1 Å². The number of carbonyl (C=O) groups excluding carboxylic acids is 2. The van der Waals surface area contributed by atoms with Crippen LogP contribution >= 0.6 is 0 Å². The first-order valence-corrected chi connectivity index (χ1v) is 4.98. The van der Waals surface area contributed by atoms with E-state index in [1.807, 2.05) is 0 Å². The van der Waals surface area contributed by atoms with Crippen LogP contribution in [0.1, 0.15) is 20.8 Å². The first-order chi connectivity index (χ1) is 8.59. The summed E-state index contributed by atoms with van der Waals surface area (Å²) in [7, 11) is 1.58. The summed E-state index contributed by atoms with van der Waals surface area (Å²) < 4.78 is 1.34. The van der Waals surface area contributed by atoms with Gasteiger partial charge in [-0.2, -0.15) is 5.10 Å². The van der Waals surface area contributed by atoms with Gasteiger partial charge in [-0.25, -0.2) is 4.98 Å². The molecule has 0 aliphatic rings. The average Bonchev–Trinajstić information content (AvgIpc) is 2.72. The molecule has 18 heavy (non-hydrogen) atoms. The van der Waals surface area contributed by atoms with Gasteiger partial charge in [0, 0.05) is 19.4 Å². The second-order valence-electron chi connectivity index (χ2n) is 3.44. The molecule has 2 rings (SSSR count). The number of anilines is 1. The van der Waals surface area contributed by atoms with Gasteiger partial charge in [0.1, 0.15) is 17.1 Å². The molecule has 2 aromatic rings. The molecule has 2 amide bonds. The van der Waals surface area contributed by atoms with Gasteiger partial charge in [0.05, 0.1) is 12.4 Å². The molecular weight excluding hydrogens is 236 g/mol. The quantitative estimate of drug-likeness (QED) is 0.761. The Morgan fingerprint density at radius 1 is 1.33 bits per heavy atom. The van der Waals surface area contributed by atoms with Crippen LogP contribution in [0, 0.1) is 0 Å². The third kappa shape index (κ3) is 2.17. The molecule has 0 aliphatic heterocycles. The lowest BCUT2D eigenvalue weighted by Gasteiger charge is -2.06. The lowest BCUT2D eigenvalue weighted by atomic mass is 10.3. The molecule has 0 bridgehead atoms. The zero-order valence-electron chi connectivity index (χ0n) is 9.49. The molecule has 0 saturated heterocycles. The lowest BCUT2D eigenvalue weighted by molar-refractivity contribution is 0.100. The Bertz CT molecular complexity index is 592. The van der Waals surface area contributed by atoms with Crippen molar-refractivity contribution in [2.24, 2.45) is 12.8 Å². The van der Waals surface area contributed by atoms with Gasteiger partial charge in [0.2, 0.25) is 0 Å². The third-order valence-electron chi connectivity index (χ3n) is 2.23. The van der Waals surface area contributed by atoms with Crippen molar-refractivity contribution in [1.82, 2.24) is 19.7 Å². The van der Waals surface area contributed by atoms with E-state index in [9.17, 15) is 9.59 Å². The van der Waals surface area contributed by atoms with E-state index in [4.69, 9.17) is 5.73 Å². The van der Waals surface area contributed by atoms with Crippen LogP contribution in [0.25, 0.3) is 0 Å². The minimum absolute atomic E-state index is 0.133. The summed E-state index contributed by atoms with van der Waals surface area (Å²) in [6.07, 6.45) is 5.45. The molecule has 0 unspecified atom stereocenters. The maximum Gasteiger partial charge on any atom is 0.277 e. The number of amides is 2. The molecular formula is C10H10N6O2. The monoisotopic (exact) mass is 246 g/mol. The fourth-order valence-electron chi connectivity index (χ4n) is 1.35. The molecule has 0 fully saturated rings. The van der Waals surface area contributed by atoms with E-state index in [-0.39, 0.29) is 17.1 Å². The van der Waals surface area contributed by atoms with Crippen molar-refractivity contribution in [2.45, 2.75) is 0 Å². The second kappa shape index (κ2) is 4.62. The summed E-state index contributed by atoms with van der Waals surface area (Å²) in [5.41, 5.74) is 5.44. The number of primary amides is 1. The highest BCUT2D eigenvalue weighted by Crippen LogP contribution is 2.13. The number of nitrogens with one attached hydrogen (secondary N) is 1. The number of nitrogens with zero attached hydrogens (tertiary/aromatic N) is 4. The molecule has 0 spiro atoms. The Kier molecular flexibility index (Phi) is 3.00. The maximum absolute atomic E-state index is 11.8. The number of rotatable bonds is 3. The van der Waals surface area contributed by atoms with Crippen molar-refractivity contribution >= 4 is 17.6 Å². The molecule has 92 valence electrons. The van der Waals surface area contributed by atoms with Crippen molar-refractivity contribution in [1.29, 1.82) is 0 Å². The van der Waals surface area contributed by atoms with Crippen LogP contribution in [0.3, 0.4) is 0 Å². The van der Waals surface area contributed by atoms with Crippen LogP contribution in [0.5, 0.6) is 0 Å². The Balaban J connectivity index is 2.27. The van der Waals surface area contributed by atoms with Gasteiger partial charge in [-0.05, 0) is 0 Å². The maximum atomic E-state index is 11.8. The minimum atomic E-state index is -0.669. The third-order valence-corrected chi connectivity index (χ3v) is 2.23. The number of aromatic nitrogens is 4. The smallest absolute Gasteiger partial charge is 0.277 e. The normalized spacial score (nSPS) is 10.1. The van der Waals surface area contributed by atoms with Gasteiger partial charge in [0.15, 0.2) is 0 Å². The molecule has 0 radical (unpaired) electrons. The number of aryl methyl sites for hydroxylation is 1. The van der Waals surface area contributed by atoms with Crippen molar-refractivity contribution in [2.75, 3.05) is 5.32 Å². The van der Waals surface area contributed by atoms with Gasteiger partial charge in [-0.15, -0.1) is 0 Å². The van der Waals surface area contributed by atoms with E-state index in [2.05, 4.69) is 20.4 Å². The van der Waals surface area contributed by atoms with Crippen molar-refractivity contribution in [3.63, 3.8) is 0 Å². The summed E-state index contributed by atoms with van der Waals surface area (Å²) >= 11 is 0. The van der Waals surface area contributed by atoms with Gasteiger partial charge in [-0.1, -0.05) is 0 Å². The summed E-state index contributed by atoms with van der Waals surface area (Å²) in [6, 6.07) is 0. The van der Waals surface area contributed by atoms with Crippen LogP contribution in [-0.2, 0) is 7.05 Å². The highest BCUT2D eigenvalue weighted by molar-refractivity contribution is 6.06. The Morgan fingerprint density at radius 2 is 2.11 bits per heavy atom. The molecule has 0 saturated carbocycles. The SMILES string of the molecule is Cn1ncc(C(N)=O)c1NC(=O)c1cnccn1. The molecule has 2 heterocycles. The summed E-state index contributed by atoms with van der Waals surface area (Å²) in [6.45, 7) is 0. The Labute approximate surface area is 102 Å². The van der Waals surface area contributed by atoms with Gasteiger partial charge in [-0.3, -0.25) is 19.3 Å². The van der Waals surface area contributed by atoms with E-state index in [1.54, 1.807) is 7.05 Å². The summed E-state index contributed by atoms with van der Waals surface area (Å²) in [4.78, 5) is 30.6. The van der Waals surface area contributed by atoms with Crippen LogP contribution in [-0.4, -0.2) is 31.6 Å². The van der Waals surface area contributed by atoms with E-state index in [1.165, 1.54) is 29.5 Å². The number of nitrogens with two attached hydrogens (primary N) is 1. The van der Waals surface area contributed by atoms with Crippen LogP contribution in [0.15, 0.2) is 24.8 Å². The summed E-state index contributed by atoms with van der Waals surface area (Å²) in [5.74, 6) is -0.940. The molecule has 0 aliphatic carbocycles. The second-order valence-corrected chi connectivity index (χ2v) is 3.44. The zero-order valence-corrected chi connectivity index (χ0v) is 9.49. The van der Waals surface area contributed by atoms with E-state index in [0.29, 0.717) is 0 Å². The number of hydrogen-bond acceptors (Lipinski definition) is 5. The van der Waals surface area contributed by atoms with Gasteiger partial charge in [0.25, 0.3) is 11.8 Å². The highest BCUT2D eigenvalue weighted by atomic mass is 16.2. The fourth-order valence-corrected chi connectivity index (χ4v) is 1.35. The predicted octanol–water partition coefficient (Wildman–Crippen LogP) is -0.439. The van der Waals surface area contributed by atoms with E-state index in [0.717, 1.165) is 0 Å². The van der Waals surface area contributed by atoms with E-state index >= 15 is 0 Å². The first-order valence-electron chi connectivity index (χ1n) is 4.98. The zero-order chi connectivity index (χ0) is 13.1. The number of hydrogen-bond donors (Lipinski definition) is 2. The van der Waals surface area contributed by atoms with Gasteiger partial charge >= 0.3 is 0 Å². The van der Waals surface area contributed by atoms with Crippen molar-refractivity contribution in [3.05, 3.63) is 36.0 Å². The standard InChI is InChI=1S/C10H10N6O2/c1-16-9(6(4-14-16)8(11)17)15-10(18)7-5-12-2-3-13-7/h2-5H,1H3,(H2,11,17)(H,15,18). The largest absolute Gasteiger partial charge is 0.365 e. The molecule has 8 nitrogen and oxygen atoms in total. The fraction of sp³-hybridized carbons (Fsp3) is 0.100. The van der Waals surface area contributed by atoms with Crippen LogP contribution in [0.2, 0.25) is 0 Å². The molecule has 8 heteroatoms. The van der Waals surface area contributed by atoms with Crippen LogP contribution in [0.4, 0.5) is 5.82 Å². The van der Waals surface area contributed by atoms with Crippen molar-refractivity contribution < 1.29 is 9.59 Å².